The highest BCUT2D eigenvalue weighted by Crippen LogP contribution is 2.22. The molecule has 0 bridgehead atoms. The van der Waals surface area contributed by atoms with Crippen molar-refractivity contribution in [3.63, 3.8) is 0 Å². The van der Waals surface area contributed by atoms with Crippen LogP contribution >= 0.6 is 24.0 Å². The van der Waals surface area contributed by atoms with Gasteiger partial charge in [0.05, 0.1) is 6.04 Å². The van der Waals surface area contributed by atoms with Crippen molar-refractivity contribution in [3.05, 3.63) is 11.6 Å². The van der Waals surface area contributed by atoms with E-state index in [0.717, 1.165) is 50.1 Å². The quantitative estimate of drug-likeness (QED) is 0.411. The van der Waals surface area contributed by atoms with Crippen LogP contribution in [0.3, 0.4) is 0 Å². The summed E-state index contributed by atoms with van der Waals surface area (Å²) in [6.07, 6.45) is 4.56. The van der Waals surface area contributed by atoms with Crippen LogP contribution in [0.25, 0.3) is 0 Å². The van der Waals surface area contributed by atoms with Crippen molar-refractivity contribution in [3.8, 4) is 0 Å². The van der Waals surface area contributed by atoms with E-state index in [4.69, 9.17) is 4.99 Å². The van der Waals surface area contributed by atoms with E-state index >= 15 is 0 Å². The Morgan fingerprint density at radius 1 is 1.35 bits per heavy atom. The van der Waals surface area contributed by atoms with Gasteiger partial charge in [0.15, 0.2) is 5.96 Å². The summed E-state index contributed by atoms with van der Waals surface area (Å²) in [5, 5.41) is 11.4. The highest BCUT2D eigenvalue weighted by atomic mass is 127. The molecule has 1 aliphatic heterocycles. The van der Waals surface area contributed by atoms with Crippen molar-refractivity contribution in [2.45, 2.75) is 66.0 Å². The van der Waals surface area contributed by atoms with Crippen LogP contribution in [0, 0.1) is 12.8 Å². The van der Waals surface area contributed by atoms with Gasteiger partial charge >= 0.3 is 0 Å². The smallest absolute Gasteiger partial charge is 0.191 e. The van der Waals surface area contributed by atoms with Gasteiger partial charge in [0.2, 0.25) is 0 Å². The van der Waals surface area contributed by atoms with Crippen molar-refractivity contribution in [1.29, 1.82) is 0 Å². The lowest BCUT2D eigenvalue weighted by Gasteiger charge is -2.25. The Hall–Kier alpha value is -0.860. The first-order valence-corrected chi connectivity index (χ1v) is 8.64. The Morgan fingerprint density at radius 3 is 2.74 bits per heavy atom. The van der Waals surface area contributed by atoms with Crippen LogP contribution in [0.2, 0.25) is 0 Å². The molecule has 7 heteroatoms. The second-order valence-electron chi connectivity index (χ2n) is 5.98. The summed E-state index contributed by atoms with van der Waals surface area (Å²) in [5.74, 6) is 3.45. The minimum absolute atomic E-state index is 0. The first-order valence-electron chi connectivity index (χ1n) is 8.64. The molecule has 0 aromatic carbocycles. The number of rotatable bonds is 6. The summed E-state index contributed by atoms with van der Waals surface area (Å²) >= 11 is 0. The normalized spacial score (nSPS) is 17.6. The van der Waals surface area contributed by atoms with Crippen molar-refractivity contribution in [2.75, 3.05) is 13.1 Å². The fourth-order valence-electron chi connectivity index (χ4n) is 2.86. The van der Waals surface area contributed by atoms with E-state index in [9.17, 15) is 0 Å². The van der Waals surface area contributed by atoms with E-state index in [1.165, 1.54) is 12.8 Å². The van der Waals surface area contributed by atoms with Gasteiger partial charge in [0.25, 0.3) is 0 Å². The van der Waals surface area contributed by atoms with Crippen molar-refractivity contribution >= 4 is 29.9 Å². The number of nitrogens with zero attached hydrogens (tertiary/aromatic N) is 4. The molecule has 2 heterocycles. The summed E-state index contributed by atoms with van der Waals surface area (Å²) in [4.78, 5) is 9.35. The van der Waals surface area contributed by atoms with E-state index in [1.54, 1.807) is 0 Å². The van der Waals surface area contributed by atoms with E-state index in [2.05, 4.69) is 41.5 Å². The second kappa shape index (κ2) is 10.1. The largest absolute Gasteiger partial charge is 0.357 e. The van der Waals surface area contributed by atoms with Gasteiger partial charge in [-0.05, 0) is 32.6 Å². The molecule has 1 aliphatic rings. The van der Waals surface area contributed by atoms with E-state index in [1.807, 2.05) is 11.6 Å². The van der Waals surface area contributed by atoms with Crippen LogP contribution < -0.4 is 10.6 Å². The zero-order valence-electron chi connectivity index (χ0n) is 14.8. The third kappa shape index (κ3) is 5.61. The van der Waals surface area contributed by atoms with Crippen LogP contribution in [0.15, 0.2) is 4.99 Å². The van der Waals surface area contributed by atoms with Crippen molar-refractivity contribution in [2.24, 2.45) is 10.9 Å². The molecule has 0 aliphatic carbocycles. The maximum absolute atomic E-state index is 4.77. The number of hydrogen-bond acceptors (Lipinski definition) is 3. The lowest BCUT2D eigenvalue weighted by molar-refractivity contribution is 0.397. The number of halogens is 1. The molecule has 1 atom stereocenters. The summed E-state index contributed by atoms with van der Waals surface area (Å²) in [7, 11) is 0. The zero-order valence-corrected chi connectivity index (χ0v) is 17.1. The molecule has 0 radical (unpaired) electrons. The Balaban J connectivity index is 0.00000264. The standard InChI is InChI=1S/C16H30N6.HI/c1-5-13(6-2)11-18-16(17-7-3)20-14-9-8-10-22-15(14)19-12(4)21-22;/h13-14H,5-11H2,1-4H3,(H2,17,18,20);1H. The average Bonchev–Trinajstić information content (AvgIpc) is 2.89. The zero-order chi connectivity index (χ0) is 15.9. The SMILES string of the molecule is CCNC(=NCC(CC)CC)NC1CCCn2nc(C)nc21.I. The molecule has 0 saturated carbocycles. The minimum atomic E-state index is 0. The lowest BCUT2D eigenvalue weighted by Crippen LogP contribution is -2.41. The fourth-order valence-corrected chi connectivity index (χ4v) is 2.86. The number of nitrogens with one attached hydrogen (secondary N) is 2. The number of aromatic nitrogens is 3. The van der Waals surface area contributed by atoms with Gasteiger partial charge in [-0.3, -0.25) is 4.99 Å². The molecule has 0 fully saturated rings. The molecule has 0 amide bonds. The maximum atomic E-state index is 4.77. The molecular weight excluding hydrogens is 403 g/mol. The van der Waals surface area contributed by atoms with Crippen LogP contribution in [-0.2, 0) is 6.54 Å². The third-order valence-electron chi connectivity index (χ3n) is 4.30. The molecule has 0 spiro atoms. The van der Waals surface area contributed by atoms with E-state index < -0.39 is 0 Å². The summed E-state index contributed by atoms with van der Waals surface area (Å²) in [6.45, 7) is 11.2. The van der Waals surface area contributed by atoms with Crippen LogP contribution in [-0.4, -0.2) is 33.8 Å². The monoisotopic (exact) mass is 434 g/mol. The molecule has 1 aromatic rings. The highest BCUT2D eigenvalue weighted by molar-refractivity contribution is 14.0. The van der Waals surface area contributed by atoms with Crippen LogP contribution in [0.4, 0.5) is 0 Å². The van der Waals surface area contributed by atoms with Crippen molar-refractivity contribution in [1.82, 2.24) is 25.4 Å². The van der Waals surface area contributed by atoms with E-state index in [-0.39, 0.29) is 30.0 Å². The van der Waals surface area contributed by atoms with Gasteiger partial charge in [-0.15, -0.1) is 24.0 Å². The number of aliphatic imine (C=N–C) groups is 1. The Kier molecular flexibility index (Phi) is 8.86. The first-order chi connectivity index (χ1) is 10.7. The van der Waals surface area contributed by atoms with Crippen LogP contribution in [0.5, 0.6) is 0 Å². The van der Waals surface area contributed by atoms with E-state index in [0.29, 0.717) is 5.92 Å². The highest BCUT2D eigenvalue weighted by Gasteiger charge is 2.24. The maximum Gasteiger partial charge on any atom is 0.191 e. The topological polar surface area (TPSA) is 67.1 Å². The molecule has 132 valence electrons. The average molecular weight is 434 g/mol. The number of guanidine groups is 1. The summed E-state index contributed by atoms with van der Waals surface area (Å²) in [6, 6.07) is 0.203. The number of fused-ring (bicyclic) bond motifs is 1. The van der Waals surface area contributed by atoms with Crippen molar-refractivity contribution < 1.29 is 0 Å². The number of hydrogen-bond donors (Lipinski definition) is 2. The number of aryl methyl sites for hydroxylation is 2. The third-order valence-corrected chi connectivity index (χ3v) is 4.30. The van der Waals surface area contributed by atoms with Crippen LogP contribution in [0.1, 0.15) is 64.1 Å². The first kappa shape index (κ1) is 20.2. The lowest BCUT2D eigenvalue weighted by atomic mass is 10.0. The predicted molar refractivity (Wildman–Crippen MR) is 105 cm³/mol. The molecule has 6 nitrogen and oxygen atoms in total. The Labute approximate surface area is 157 Å². The summed E-state index contributed by atoms with van der Waals surface area (Å²) in [5.41, 5.74) is 0. The van der Waals surface area contributed by atoms with Gasteiger partial charge in [-0.1, -0.05) is 26.7 Å². The molecule has 2 N–H and O–H groups in total. The minimum Gasteiger partial charge on any atom is -0.357 e. The molecule has 2 rings (SSSR count). The van der Waals surface area contributed by atoms with Gasteiger partial charge < -0.3 is 10.6 Å². The predicted octanol–water partition coefficient (Wildman–Crippen LogP) is 3.03. The molecule has 23 heavy (non-hydrogen) atoms. The fraction of sp³-hybridized carbons (Fsp3) is 0.812. The second-order valence-corrected chi connectivity index (χ2v) is 5.98. The molecule has 0 saturated heterocycles. The van der Waals surface area contributed by atoms with Gasteiger partial charge in [0.1, 0.15) is 11.6 Å². The van der Waals surface area contributed by atoms with Gasteiger partial charge in [-0.25, -0.2) is 9.67 Å². The summed E-state index contributed by atoms with van der Waals surface area (Å²) < 4.78 is 2.03. The van der Waals surface area contributed by atoms with Gasteiger partial charge in [0, 0.05) is 19.6 Å². The molecule has 1 aromatic heterocycles. The Bertz CT molecular complexity index is 495. The molecule has 1 unspecified atom stereocenters. The molecular formula is C16H31IN6. The van der Waals surface area contributed by atoms with Gasteiger partial charge in [-0.2, -0.15) is 5.10 Å². The Morgan fingerprint density at radius 2 is 2.09 bits per heavy atom.